The predicted octanol–water partition coefficient (Wildman–Crippen LogP) is 2.98. The van der Waals surface area contributed by atoms with Crippen LogP contribution in [0.4, 0.5) is 0 Å². The van der Waals surface area contributed by atoms with E-state index in [0.29, 0.717) is 16.6 Å². The van der Waals surface area contributed by atoms with E-state index in [1.54, 1.807) is 12.1 Å². The van der Waals surface area contributed by atoms with Crippen molar-refractivity contribution in [3.05, 3.63) is 29.0 Å². The molecule has 92 valence electrons. The number of likely N-dealkylation sites (tertiary alicyclic amines) is 1. The SMILES string of the molecule is O=C(c1ccc(Cl)cn1)N1CCC(CCBr)C1. The lowest BCUT2D eigenvalue weighted by atomic mass is 10.1. The molecule has 2 heterocycles. The van der Waals surface area contributed by atoms with E-state index in [1.165, 1.54) is 6.20 Å². The molecular weight excluding hydrogens is 304 g/mol. The van der Waals surface area contributed by atoms with Crippen molar-refractivity contribution in [1.29, 1.82) is 0 Å². The maximum absolute atomic E-state index is 12.1. The number of alkyl halides is 1. The monoisotopic (exact) mass is 316 g/mol. The van der Waals surface area contributed by atoms with Gasteiger partial charge in [0, 0.05) is 24.6 Å². The van der Waals surface area contributed by atoms with E-state index in [9.17, 15) is 4.79 Å². The molecule has 0 aliphatic carbocycles. The topological polar surface area (TPSA) is 33.2 Å². The van der Waals surface area contributed by atoms with Gasteiger partial charge >= 0.3 is 0 Å². The minimum Gasteiger partial charge on any atom is -0.337 e. The Balaban J connectivity index is 1.99. The van der Waals surface area contributed by atoms with Crippen LogP contribution >= 0.6 is 27.5 Å². The van der Waals surface area contributed by atoms with Gasteiger partial charge in [0.25, 0.3) is 5.91 Å². The Kier molecular flexibility index (Phi) is 4.40. The Morgan fingerprint density at radius 3 is 3.06 bits per heavy atom. The second-order valence-corrected chi connectivity index (χ2v) is 5.47. The maximum Gasteiger partial charge on any atom is 0.272 e. The van der Waals surface area contributed by atoms with Crippen LogP contribution in [-0.2, 0) is 0 Å². The molecule has 2 rings (SSSR count). The molecule has 0 N–H and O–H groups in total. The zero-order valence-electron chi connectivity index (χ0n) is 9.40. The summed E-state index contributed by atoms with van der Waals surface area (Å²) in [7, 11) is 0. The van der Waals surface area contributed by atoms with Gasteiger partial charge in [-0.05, 0) is 30.9 Å². The normalized spacial score (nSPS) is 19.6. The fraction of sp³-hybridized carbons (Fsp3) is 0.500. The third-order valence-electron chi connectivity index (χ3n) is 3.04. The number of carbonyl (C=O) groups excluding carboxylic acids is 1. The summed E-state index contributed by atoms with van der Waals surface area (Å²) in [5, 5.41) is 1.55. The minimum atomic E-state index is 0.0127. The van der Waals surface area contributed by atoms with E-state index >= 15 is 0 Å². The first kappa shape index (κ1) is 12.8. The molecule has 0 spiro atoms. The van der Waals surface area contributed by atoms with Gasteiger partial charge in [-0.25, -0.2) is 4.98 Å². The largest absolute Gasteiger partial charge is 0.337 e. The summed E-state index contributed by atoms with van der Waals surface area (Å²) in [6.07, 6.45) is 3.73. The van der Waals surface area contributed by atoms with Crippen molar-refractivity contribution < 1.29 is 4.79 Å². The van der Waals surface area contributed by atoms with Crippen LogP contribution in [0.3, 0.4) is 0 Å². The number of hydrogen-bond donors (Lipinski definition) is 0. The summed E-state index contributed by atoms with van der Waals surface area (Å²) in [6, 6.07) is 3.39. The summed E-state index contributed by atoms with van der Waals surface area (Å²) < 4.78 is 0. The molecule has 0 saturated carbocycles. The summed E-state index contributed by atoms with van der Waals surface area (Å²) in [5.41, 5.74) is 0.480. The molecule has 1 aromatic rings. The van der Waals surface area contributed by atoms with E-state index < -0.39 is 0 Å². The molecule has 5 heteroatoms. The van der Waals surface area contributed by atoms with Gasteiger partial charge in [-0.15, -0.1) is 0 Å². The molecule has 0 bridgehead atoms. The Morgan fingerprint density at radius 1 is 1.59 bits per heavy atom. The number of halogens is 2. The molecule has 1 amide bonds. The average Bonchev–Trinajstić information content (AvgIpc) is 2.78. The number of rotatable bonds is 3. The van der Waals surface area contributed by atoms with Gasteiger partial charge in [-0.2, -0.15) is 0 Å². The predicted molar refractivity (Wildman–Crippen MR) is 71.7 cm³/mol. The van der Waals surface area contributed by atoms with Crippen LogP contribution in [0.5, 0.6) is 0 Å². The number of nitrogens with zero attached hydrogens (tertiary/aromatic N) is 2. The molecule has 1 saturated heterocycles. The van der Waals surface area contributed by atoms with Crippen molar-refractivity contribution in [1.82, 2.24) is 9.88 Å². The minimum absolute atomic E-state index is 0.0127. The highest BCUT2D eigenvalue weighted by Crippen LogP contribution is 2.21. The molecule has 1 fully saturated rings. The van der Waals surface area contributed by atoms with Gasteiger partial charge in [0.05, 0.1) is 5.02 Å². The highest BCUT2D eigenvalue weighted by Gasteiger charge is 2.26. The van der Waals surface area contributed by atoms with E-state index in [0.717, 1.165) is 31.3 Å². The van der Waals surface area contributed by atoms with Crippen LogP contribution < -0.4 is 0 Å². The quantitative estimate of drug-likeness (QED) is 0.803. The zero-order chi connectivity index (χ0) is 12.3. The lowest BCUT2D eigenvalue weighted by molar-refractivity contribution is 0.0781. The molecule has 1 atom stereocenters. The van der Waals surface area contributed by atoms with Crippen LogP contribution in [-0.4, -0.2) is 34.2 Å². The number of pyridine rings is 1. The smallest absolute Gasteiger partial charge is 0.272 e. The number of carbonyl (C=O) groups is 1. The highest BCUT2D eigenvalue weighted by molar-refractivity contribution is 9.09. The van der Waals surface area contributed by atoms with Crippen LogP contribution in [0.15, 0.2) is 18.3 Å². The number of aromatic nitrogens is 1. The zero-order valence-corrected chi connectivity index (χ0v) is 11.7. The Bertz CT molecular complexity index is 396. The summed E-state index contributed by atoms with van der Waals surface area (Å²) >= 11 is 9.19. The van der Waals surface area contributed by atoms with Crippen LogP contribution in [0.1, 0.15) is 23.3 Å². The third kappa shape index (κ3) is 3.19. The Hall–Kier alpha value is -0.610. The molecule has 1 aromatic heterocycles. The molecule has 1 unspecified atom stereocenters. The maximum atomic E-state index is 12.1. The van der Waals surface area contributed by atoms with E-state index in [2.05, 4.69) is 20.9 Å². The van der Waals surface area contributed by atoms with Crippen molar-refractivity contribution >= 4 is 33.4 Å². The van der Waals surface area contributed by atoms with Crippen LogP contribution in [0, 0.1) is 5.92 Å². The van der Waals surface area contributed by atoms with Gasteiger partial charge in [0.15, 0.2) is 0 Å². The van der Waals surface area contributed by atoms with Crippen molar-refractivity contribution in [3.8, 4) is 0 Å². The highest BCUT2D eigenvalue weighted by atomic mass is 79.9. The van der Waals surface area contributed by atoms with E-state index in [-0.39, 0.29) is 5.91 Å². The lowest BCUT2D eigenvalue weighted by Gasteiger charge is -2.15. The van der Waals surface area contributed by atoms with Gasteiger partial charge in [-0.1, -0.05) is 27.5 Å². The van der Waals surface area contributed by atoms with Crippen molar-refractivity contribution in [3.63, 3.8) is 0 Å². The Labute approximate surface area is 114 Å². The first-order valence-corrected chi connectivity index (χ1v) is 7.17. The third-order valence-corrected chi connectivity index (χ3v) is 3.72. The average molecular weight is 318 g/mol. The van der Waals surface area contributed by atoms with Crippen LogP contribution in [0.2, 0.25) is 5.02 Å². The van der Waals surface area contributed by atoms with E-state index in [1.807, 2.05) is 4.90 Å². The van der Waals surface area contributed by atoms with Crippen molar-refractivity contribution in [2.45, 2.75) is 12.8 Å². The molecule has 0 aromatic carbocycles. The molecule has 0 radical (unpaired) electrons. The first-order valence-electron chi connectivity index (χ1n) is 5.67. The van der Waals surface area contributed by atoms with Gasteiger partial charge in [0.1, 0.15) is 5.69 Å². The van der Waals surface area contributed by atoms with Crippen LogP contribution in [0.25, 0.3) is 0 Å². The number of amides is 1. The van der Waals surface area contributed by atoms with Gasteiger partial charge in [-0.3, -0.25) is 4.79 Å². The molecule has 17 heavy (non-hydrogen) atoms. The summed E-state index contributed by atoms with van der Waals surface area (Å²) in [5.74, 6) is 0.629. The summed E-state index contributed by atoms with van der Waals surface area (Å²) in [4.78, 5) is 18.1. The standard InChI is InChI=1S/C12H14BrClN2O/c13-5-3-9-4-6-16(8-9)12(17)11-2-1-10(14)7-15-11/h1-2,7,9H,3-6,8H2. The fourth-order valence-corrected chi connectivity index (χ4v) is 2.83. The van der Waals surface area contributed by atoms with Crippen molar-refractivity contribution in [2.75, 3.05) is 18.4 Å². The second kappa shape index (κ2) is 5.83. The molecule has 3 nitrogen and oxygen atoms in total. The second-order valence-electron chi connectivity index (χ2n) is 4.25. The van der Waals surface area contributed by atoms with E-state index in [4.69, 9.17) is 11.6 Å². The molecule has 1 aliphatic heterocycles. The van der Waals surface area contributed by atoms with Crippen molar-refractivity contribution in [2.24, 2.45) is 5.92 Å². The lowest BCUT2D eigenvalue weighted by Crippen LogP contribution is -2.29. The number of hydrogen-bond acceptors (Lipinski definition) is 2. The fourth-order valence-electron chi connectivity index (χ4n) is 2.07. The van der Waals surface area contributed by atoms with Gasteiger partial charge < -0.3 is 4.90 Å². The summed E-state index contributed by atoms with van der Waals surface area (Å²) in [6.45, 7) is 1.68. The molecule has 1 aliphatic rings. The molecular formula is C12H14BrClN2O. The Morgan fingerprint density at radius 2 is 2.41 bits per heavy atom. The van der Waals surface area contributed by atoms with Gasteiger partial charge in [0.2, 0.25) is 0 Å². The first-order chi connectivity index (χ1) is 8.20.